The van der Waals surface area contributed by atoms with Crippen molar-refractivity contribution in [3.63, 3.8) is 0 Å². The largest absolute Gasteiger partial charge is 0.301 e. The van der Waals surface area contributed by atoms with Crippen LogP contribution in [0, 0.1) is 0 Å². The van der Waals surface area contributed by atoms with E-state index in [1.807, 2.05) is 20.5 Å². The van der Waals surface area contributed by atoms with Crippen LogP contribution in [-0.2, 0) is 4.57 Å². The Morgan fingerprint density at radius 1 is 1.22 bits per heavy atom. The van der Waals surface area contributed by atoms with Crippen LogP contribution in [0.25, 0.3) is 0 Å². The van der Waals surface area contributed by atoms with Crippen LogP contribution in [0.4, 0.5) is 0 Å². The standard InChI is InChI=1S/C5H13OPS2/c1-4-8-7(3,6)9-5-2/h4-5H2,1-3H3. The molecule has 0 rings (SSSR count). The van der Waals surface area contributed by atoms with Gasteiger partial charge in [-0.1, -0.05) is 36.6 Å². The SMILES string of the molecule is CCSP(C)(=O)SCC. The van der Waals surface area contributed by atoms with Crippen LogP contribution in [0.3, 0.4) is 0 Å². The van der Waals surface area contributed by atoms with Crippen LogP contribution in [0.2, 0.25) is 0 Å². The first-order chi connectivity index (χ1) is 4.12. The molecule has 0 N–H and O–H groups in total. The minimum atomic E-state index is -1.86. The third-order valence-electron chi connectivity index (χ3n) is 0.727. The first-order valence-electron chi connectivity index (χ1n) is 2.99. The van der Waals surface area contributed by atoms with Crippen molar-refractivity contribution in [1.29, 1.82) is 0 Å². The van der Waals surface area contributed by atoms with E-state index in [0.29, 0.717) is 0 Å². The van der Waals surface area contributed by atoms with Crippen LogP contribution >= 0.6 is 28.3 Å². The average molecular weight is 184 g/mol. The van der Waals surface area contributed by atoms with Gasteiger partial charge in [0.15, 0.2) is 5.55 Å². The van der Waals surface area contributed by atoms with E-state index in [1.54, 1.807) is 22.8 Å². The zero-order chi connectivity index (χ0) is 7.33. The van der Waals surface area contributed by atoms with Crippen molar-refractivity contribution >= 4 is 28.3 Å². The molecule has 0 saturated carbocycles. The Bertz CT molecular complexity index is 106. The van der Waals surface area contributed by atoms with Crippen molar-refractivity contribution in [1.82, 2.24) is 0 Å². The van der Waals surface area contributed by atoms with Crippen LogP contribution < -0.4 is 0 Å². The highest BCUT2D eigenvalue weighted by Crippen LogP contribution is 2.65. The lowest BCUT2D eigenvalue weighted by Crippen LogP contribution is -1.69. The van der Waals surface area contributed by atoms with E-state index in [9.17, 15) is 4.57 Å². The fourth-order valence-electron chi connectivity index (χ4n) is 0.506. The number of hydrogen-bond donors (Lipinski definition) is 0. The second kappa shape index (κ2) is 4.70. The summed E-state index contributed by atoms with van der Waals surface area (Å²) in [7, 11) is 0. The van der Waals surface area contributed by atoms with Gasteiger partial charge in [-0.05, 0) is 11.5 Å². The third kappa shape index (κ3) is 5.38. The second-order valence-electron chi connectivity index (χ2n) is 1.61. The van der Waals surface area contributed by atoms with Gasteiger partial charge >= 0.3 is 0 Å². The predicted molar refractivity (Wildman–Crippen MR) is 49.8 cm³/mol. The van der Waals surface area contributed by atoms with E-state index in [4.69, 9.17) is 0 Å². The number of rotatable bonds is 4. The first-order valence-corrected chi connectivity index (χ1v) is 8.32. The van der Waals surface area contributed by atoms with Gasteiger partial charge in [-0.25, -0.2) is 0 Å². The van der Waals surface area contributed by atoms with Gasteiger partial charge < -0.3 is 4.57 Å². The van der Waals surface area contributed by atoms with Gasteiger partial charge in [0, 0.05) is 6.66 Å². The van der Waals surface area contributed by atoms with E-state index in [-0.39, 0.29) is 0 Å². The topological polar surface area (TPSA) is 17.1 Å². The van der Waals surface area contributed by atoms with Crippen molar-refractivity contribution in [3.8, 4) is 0 Å². The normalized spacial score (nSPS) is 11.9. The molecular weight excluding hydrogens is 171 g/mol. The molecule has 0 atom stereocenters. The molecule has 0 heterocycles. The Balaban J connectivity index is 3.58. The van der Waals surface area contributed by atoms with Crippen LogP contribution in [0.15, 0.2) is 0 Å². The molecule has 0 aliphatic carbocycles. The summed E-state index contributed by atoms with van der Waals surface area (Å²) in [5, 5.41) is 0. The first kappa shape index (κ1) is 9.93. The molecular formula is C5H13OPS2. The molecule has 0 fully saturated rings. The molecule has 0 unspecified atom stereocenters. The summed E-state index contributed by atoms with van der Waals surface area (Å²) in [5.74, 6) is 1.92. The molecule has 0 radical (unpaired) electrons. The molecule has 56 valence electrons. The van der Waals surface area contributed by atoms with Gasteiger partial charge in [-0.2, -0.15) is 0 Å². The van der Waals surface area contributed by atoms with E-state index >= 15 is 0 Å². The molecule has 0 aromatic rings. The highest BCUT2D eigenvalue weighted by Gasteiger charge is 2.12. The highest BCUT2D eigenvalue weighted by molar-refractivity contribution is 8.90. The minimum Gasteiger partial charge on any atom is -0.301 e. The van der Waals surface area contributed by atoms with Gasteiger partial charge in [-0.15, -0.1) is 0 Å². The molecule has 0 amide bonds. The van der Waals surface area contributed by atoms with Crippen LogP contribution in [-0.4, -0.2) is 18.2 Å². The minimum absolute atomic E-state index is 0.959. The maximum Gasteiger partial charge on any atom is 0.188 e. The summed E-state index contributed by atoms with van der Waals surface area (Å²) < 4.78 is 11.3. The van der Waals surface area contributed by atoms with E-state index in [1.165, 1.54) is 0 Å². The molecule has 0 saturated heterocycles. The molecule has 0 spiro atoms. The molecule has 0 bridgehead atoms. The summed E-state index contributed by atoms with van der Waals surface area (Å²) in [6.07, 6.45) is 0. The maximum absolute atomic E-state index is 11.3. The highest BCUT2D eigenvalue weighted by atomic mass is 33.1. The number of hydrogen-bond acceptors (Lipinski definition) is 3. The smallest absolute Gasteiger partial charge is 0.188 e. The Morgan fingerprint density at radius 3 is 1.78 bits per heavy atom. The third-order valence-corrected chi connectivity index (χ3v) is 8.44. The molecule has 0 aromatic heterocycles. The molecule has 0 aliphatic rings. The zero-order valence-electron chi connectivity index (χ0n) is 6.09. The predicted octanol–water partition coefficient (Wildman–Crippen LogP) is 3.32. The zero-order valence-corrected chi connectivity index (χ0v) is 8.61. The van der Waals surface area contributed by atoms with Crippen LogP contribution in [0.5, 0.6) is 0 Å². The van der Waals surface area contributed by atoms with E-state index in [0.717, 1.165) is 11.5 Å². The Labute approximate surface area is 65.2 Å². The summed E-state index contributed by atoms with van der Waals surface area (Å²) >= 11 is 3.15. The molecule has 4 heteroatoms. The quantitative estimate of drug-likeness (QED) is 0.624. The molecule has 1 nitrogen and oxygen atoms in total. The molecule has 0 aromatic carbocycles. The van der Waals surface area contributed by atoms with Crippen molar-refractivity contribution in [3.05, 3.63) is 0 Å². The maximum atomic E-state index is 11.3. The van der Waals surface area contributed by atoms with Gasteiger partial charge in [0.2, 0.25) is 0 Å². The van der Waals surface area contributed by atoms with Crippen molar-refractivity contribution in [2.75, 3.05) is 18.2 Å². The summed E-state index contributed by atoms with van der Waals surface area (Å²) in [4.78, 5) is 0. The Morgan fingerprint density at radius 2 is 1.56 bits per heavy atom. The average Bonchev–Trinajstić information content (AvgIpc) is 1.64. The second-order valence-corrected chi connectivity index (χ2v) is 11.2. The van der Waals surface area contributed by atoms with Gasteiger partial charge in [0.25, 0.3) is 0 Å². The fourth-order valence-corrected chi connectivity index (χ4v) is 7.12. The van der Waals surface area contributed by atoms with Gasteiger partial charge in [-0.3, -0.25) is 0 Å². The summed E-state index contributed by atoms with van der Waals surface area (Å²) in [6, 6.07) is 0. The van der Waals surface area contributed by atoms with Crippen molar-refractivity contribution in [2.45, 2.75) is 13.8 Å². The van der Waals surface area contributed by atoms with Gasteiger partial charge in [0.05, 0.1) is 0 Å². The van der Waals surface area contributed by atoms with Crippen molar-refractivity contribution in [2.24, 2.45) is 0 Å². The van der Waals surface area contributed by atoms with Crippen molar-refractivity contribution < 1.29 is 4.57 Å². The van der Waals surface area contributed by atoms with Crippen LogP contribution in [0.1, 0.15) is 13.8 Å². The van der Waals surface area contributed by atoms with E-state index in [2.05, 4.69) is 0 Å². The molecule has 0 aliphatic heterocycles. The van der Waals surface area contributed by atoms with Gasteiger partial charge in [0.1, 0.15) is 0 Å². The summed E-state index contributed by atoms with van der Waals surface area (Å²) in [6.45, 7) is 5.92. The Kier molecular flexibility index (Phi) is 5.19. The van der Waals surface area contributed by atoms with E-state index < -0.39 is 5.55 Å². The lowest BCUT2D eigenvalue weighted by atomic mass is 11.0. The lowest BCUT2D eigenvalue weighted by Gasteiger charge is -2.07. The lowest BCUT2D eigenvalue weighted by molar-refractivity contribution is 0.597. The Hall–Kier alpha value is 0.930. The monoisotopic (exact) mass is 184 g/mol. The fraction of sp³-hybridized carbons (Fsp3) is 1.00. The molecule has 9 heavy (non-hydrogen) atoms. The summed E-state index contributed by atoms with van der Waals surface area (Å²) in [5.41, 5.74) is -1.86.